The number of fused-ring (bicyclic) bond motifs is 5. The van der Waals surface area contributed by atoms with Crippen LogP contribution in [0.5, 0.6) is 11.5 Å². The van der Waals surface area contributed by atoms with Crippen LogP contribution in [0.1, 0.15) is 65.9 Å². The topological polar surface area (TPSA) is 72.8 Å². The summed E-state index contributed by atoms with van der Waals surface area (Å²) in [7, 11) is 3.19. The number of methoxy groups -OCH3 is 2. The summed E-state index contributed by atoms with van der Waals surface area (Å²) in [6.07, 6.45) is 3.31. The van der Waals surface area contributed by atoms with Crippen molar-refractivity contribution in [2.24, 2.45) is 5.92 Å². The van der Waals surface area contributed by atoms with Gasteiger partial charge < -0.3 is 14.6 Å². The maximum Gasteiger partial charge on any atom is 0.306 e. The average molecular weight is 318 g/mol. The van der Waals surface area contributed by atoms with Gasteiger partial charge in [0, 0.05) is 17.5 Å². The number of ether oxygens (including phenoxy) is 2. The van der Waals surface area contributed by atoms with Crippen molar-refractivity contribution in [3.63, 3.8) is 0 Å². The van der Waals surface area contributed by atoms with E-state index in [-0.39, 0.29) is 12.2 Å². The zero-order valence-corrected chi connectivity index (χ0v) is 13.7. The lowest BCUT2D eigenvalue weighted by atomic mass is 9.86. The van der Waals surface area contributed by atoms with E-state index in [0.29, 0.717) is 23.1 Å². The van der Waals surface area contributed by atoms with Gasteiger partial charge in [0.25, 0.3) is 0 Å². The first kappa shape index (κ1) is 15.8. The van der Waals surface area contributed by atoms with Crippen LogP contribution in [0.3, 0.4) is 0 Å². The molecule has 1 aromatic carbocycles. The number of carbonyl (C=O) groups excluding carboxylic acids is 1. The lowest BCUT2D eigenvalue weighted by Gasteiger charge is -2.23. The number of hydrogen-bond acceptors (Lipinski definition) is 4. The standard InChI is InChI=1S/C18H22O5/c1-9(18(20)21)6-13(19)12-8-14(22-2)15-10-4-5-11(7-10)16(15)17(12)23-3/h8-11H,4-7H2,1-3H3,(H,20,21). The van der Waals surface area contributed by atoms with E-state index in [2.05, 4.69) is 0 Å². The fourth-order valence-electron chi connectivity index (χ4n) is 4.08. The van der Waals surface area contributed by atoms with E-state index in [4.69, 9.17) is 14.6 Å². The van der Waals surface area contributed by atoms with Gasteiger partial charge in [0.1, 0.15) is 11.5 Å². The highest BCUT2D eigenvalue weighted by atomic mass is 16.5. The first-order chi connectivity index (χ1) is 11.0. The summed E-state index contributed by atoms with van der Waals surface area (Å²) in [6, 6.07) is 1.73. The predicted octanol–water partition coefficient (Wildman–Crippen LogP) is 3.36. The number of carboxylic acids is 1. The molecular formula is C18H22O5. The van der Waals surface area contributed by atoms with Gasteiger partial charge in [-0.05, 0) is 37.2 Å². The number of carboxylic acid groups (broad SMARTS) is 1. The van der Waals surface area contributed by atoms with Gasteiger partial charge in [0.2, 0.25) is 0 Å². The molecule has 5 nitrogen and oxygen atoms in total. The number of rotatable bonds is 6. The van der Waals surface area contributed by atoms with E-state index >= 15 is 0 Å². The normalized spacial score (nSPS) is 22.6. The number of benzene rings is 1. The molecule has 2 aliphatic carbocycles. The van der Waals surface area contributed by atoms with Gasteiger partial charge in [-0.25, -0.2) is 0 Å². The van der Waals surface area contributed by atoms with Crippen LogP contribution in [0.4, 0.5) is 0 Å². The molecule has 1 N–H and O–H groups in total. The van der Waals surface area contributed by atoms with E-state index < -0.39 is 11.9 Å². The molecule has 0 spiro atoms. The van der Waals surface area contributed by atoms with Crippen LogP contribution in [0, 0.1) is 5.92 Å². The van der Waals surface area contributed by atoms with Gasteiger partial charge in [0.05, 0.1) is 25.7 Å². The fraction of sp³-hybridized carbons (Fsp3) is 0.556. The maximum atomic E-state index is 12.6. The molecule has 1 aromatic rings. The minimum atomic E-state index is -0.968. The maximum absolute atomic E-state index is 12.6. The molecule has 0 saturated heterocycles. The second-order valence-corrected chi connectivity index (χ2v) is 6.56. The van der Waals surface area contributed by atoms with Gasteiger partial charge in [-0.2, -0.15) is 0 Å². The van der Waals surface area contributed by atoms with Crippen molar-refractivity contribution in [1.82, 2.24) is 0 Å². The fourth-order valence-corrected chi connectivity index (χ4v) is 4.08. The first-order valence-electron chi connectivity index (χ1n) is 8.02. The molecule has 3 unspecified atom stereocenters. The van der Waals surface area contributed by atoms with Gasteiger partial charge >= 0.3 is 5.97 Å². The van der Waals surface area contributed by atoms with Crippen molar-refractivity contribution in [2.45, 2.75) is 44.4 Å². The van der Waals surface area contributed by atoms with Gasteiger partial charge in [-0.15, -0.1) is 0 Å². The van der Waals surface area contributed by atoms with E-state index in [1.54, 1.807) is 27.2 Å². The Morgan fingerprint density at radius 1 is 1.22 bits per heavy atom. The zero-order valence-electron chi connectivity index (χ0n) is 13.7. The quantitative estimate of drug-likeness (QED) is 0.814. The van der Waals surface area contributed by atoms with E-state index in [1.807, 2.05) is 0 Å². The Balaban J connectivity index is 2.06. The molecule has 124 valence electrons. The smallest absolute Gasteiger partial charge is 0.306 e. The van der Waals surface area contributed by atoms with Crippen LogP contribution in [0.2, 0.25) is 0 Å². The monoisotopic (exact) mass is 318 g/mol. The number of hydrogen-bond donors (Lipinski definition) is 1. The third kappa shape index (κ3) is 2.48. The second kappa shape index (κ2) is 5.87. The zero-order chi connectivity index (χ0) is 16.7. The summed E-state index contributed by atoms with van der Waals surface area (Å²) >= 11 is 0. The Bertz CT molecular complexity index is 664. The predicted molar refractivity (Wildman–Crippen MR) is 84.6 cm³/mol. The third-order valence-electron chi connectivity index (χ3n) is 5.21. The lowest BCUT2D eigenvalue weighted by molar-refractivity contribution is -0.141. The van der Waals surface area contributed by atoms with Crippen molar-refractivity contribution >= 4 is 11.8 Å². The molecule has 2 bridgehead atoms. The minimum Gasteiger partial charge on any atom is -0.496 e. The van der Waals surface area contributed by atoms with Crippen LogP contribution in [0.25, 0.3) is 0 Å². The molecule has 5 heteroatoms. The molecule has 0 radical (unpaired) electrons. The lowest BCUT2D eigenvalue weighted by Crippen LogP contribution is -2.16. The van der Waals surface area contributed by atoms with E-state index in [1.165, 1.54) is 5.56 Å². The van der Waals surface area contributed by atoms with Crippen LogP contribution in [-0.4, -0.2) is 31.1 Å². The molecule has 0 amide bonds. The molecule has 2 aliphatic rings. The number of ketones is 1. The highest BCUT2D eigenvalue weighted by Crippen LogP contribution is 2.59. The summed E-state index contributed by atoms with van der Waals surface area (Å²) in [6.45, 7) is 1.54. The molecule has 0 aromatic heterocycles. The first-order valence-corrected chi connectivity index (χ1v) is 8.02. The van der Waals surface area contributed by atoms with Gasteiger partial charge in [0.15, 0.2) is 5.78 Å². The number of Topliss-reactive ketones (excluding diaryl/α,β-unsaturated/α-hetero) is 1. The summed E-state index contributed by atoms with van der Waals surface area (Å²) in [5.41, 5.74) is 2.74. The number of aliphatic carboxylic acids is 1. The van der Waals surface area contributed by atoms with Crippen molar-refractivity contribution in [2.75, 3.05) is 14.2 Å². The largest absolute Gasteiger partial charge is 0.496 e. The average Bonchev–Trinajstić information content (AvgIpc) is 3.14. The summed E-state index contributed by atoms with van der Waals surface area (Å²) in [5.74, 6) is 0.368. The third-order valence-corrected chi connectivity index (χ3v) is 5.21. The van der Waals surface area contributed by atoms with Crippen molar-refractivity contribution in [3.05, 3.63) is 22.8 Å². The molecule has 3 atom stereocenters. The van der Waals surface area contributed by atoms with E-state index in [0.717, 1.165) is 30.6 Å². The molecule has 0 aliphatic heterocycles. The Hall–Kier alpha value is -2.04. The van der Waals surface area contributed by atoms with Gasteiger partial charge in [-0.1, -0.05) is 6.92 Å². The summed E-state index contributed by atoms with van der Waals surface area (Å²) < 4.78 is 11.1. The highest BCUT2D eigenvalue weighted by molar-refractivity contribution is 6.01. The summed E-state index contributed by atoms with van der Waals surface area (Å²) in [5, 5.41) is 9.04. The molecule has 1 saturated carbocycles. The Morgan fingerprint density at radius 3 is 2.43 bits per heavy atom. The van der Waals surface area contributed by atoms with Crippen LogP contribution < -0.4 is 9.47 Å². The molecular weight excluding hydrogens is 296 g/mol. The van der Waals surface area contributed by atoms with Crippen molar-refractivity contribution in [3.8, 4) is 11.5 Å². The molecule has 23 heavy (non-hydrogen) atoms. The van der Waals surface area contributed by atoms with Crippen LogP contribution in [0.15, 0.2) is 6.07 Å². The molecule has 0 heterocycles. The molecule has 1 fully saturated rings. The number of carbonyl (C=O) groups is 2. The second-order valence-electron chi connectivity index (χ2n) is 6.56. The Labute approximate surface area is 135 Å². The van der Waals surface area contributed by atoms with Crippen LogP contribution in [-0.2, 0) is 4.79 Å². The minimum absolute atomic E-state index is 0.0400. The van der Waals surface area contributed by atoms with E-state index in [9.17, 15) is 9.59 Å². The SMILES string of the molecule is COc1cc(C(=O)CC(C)C(=O)O)c(OC)c2c1C1CCC2C1. The summed E-state index contributed by atoms with van der Waals surface area (Å²) in [4.78, 5) is 23.6. The Kier molecular flexibility index (Phi) is 4.04. The highest BCUT2D eigenvalue weighted by Gasteiger charge is 2.42. The van der Waals surface area contributed by atoms with Crippen LogP contribution >= 0.6 is 0 Å². The van der Waals surface area contributed by atoms with Crippen molar-refractivity contribution in [1.29, 1.82) is 0 Å². The Morgan fingerprint density at radius 2 is 1.87 bits per heavy atom. The van der Waals surface area contributed by atoms with Crippen molar-refractivity contribution < 1.29 is 24.2 Å². The van der Waals surface area contributed by atoms with Gasteiger partial charge in [-0.3, -0.25) is 9.59 Å². The molecule has 3 rings (SSSR count).